The summed E-state index contributed by atoms with van der Waals surface area (Å²) in [7, 11) is 0. The van der Waals surface area contributed by atoms with Gasteiger partial charge in [-0.15, -0.1) is 0 Å². The largest absolute Gasteiger partial charge is 0.478 e. The number of hydrogen-bond acceptors (Lipinski definition) is 5. The fraction of sp³-hybridized carbons (Fsp3) is 0.312. The fourth-order valence-corrected chi connectivity index (χ4v) is 4.13. The highest BCUT2D eigenvalue weighted by molar-refractivity contribution is 6.03. The number of anilines is 1. The van der Waals surface area contributed by atoms with Gasteiger partial charge in [-0.3, -0.25) is 4.79 Å². The Labute approximate surface area is 240 Å². The minimum atomic E-state index is -1.12. The lowest BCUT2D eigenvalue weighted by molar-refractivity contribution is 0.0602. The van der Waals surface area contributed by atoms with Gasteiger partial charge in [0.15, 0.2) is 0 Å². The van der Waals surface area contributed by atoms with Crippen molar-refractivity contribution < 1.29 is 24.2 Å². The normalized spacial score (nSPS) is 12.5. The molecule has 0 aliphatic rings. The molecule has 0 spiro atoms. The SMILES string of the molecule is CC(C)CNC(=O)c1ccc(-c2ccccc2C(C)Nc2ccc(/C(N)=N\C(=O)OC(C)(C)C)cc2)c(C(=O)O)c1. The maximum absolute atomic E-state index is 12.6. The zero-order valence-electron chi connectivity index (χ0n) is 24.3. The predicted molar refractivity (Wildman–Crippen MR) is 161 cm³/mol. The third-order valence-corrected chi connectivity index (χ3v) is 6.07. The monoisotopic (exact) mass is 558 g/mol. The number of carboxylic acid groups (broad SMARTS) is 1. The molecule has 3 aromatic rings. The van der Waals surface area contributed by atoms with Gasteiger partial charge in [-0.1, -0.05) is 44.2 Å². The van der Waals surface area contributed by atoms with Crippen LogP contribution < -0.4 is 16.4 Å². The molecular formula is C32H38N4O5. The molecule has 0 fully saturated rings. The Balaban J connectivity index is 1.84. The summed E-state index contributed by atoms with van der Waals surface area (Å²) in [5, 5.41) is 16.3. The van der Waals surface area contributed by atoms with E-state index in [0.29, 0.717) is 23.2 Å². The first-order chi connectivity index (χ1) is 19.2. The van der Waals surface area contributed by atoms with Crippen LogP contribution in [-0.4, -0.2) is 41.1 Å². The van der Waals surface area contributed by atoms with E-state index in [4.69, 9.17) is 10.5 Å². The van der Waals surface area contributed by atoms with Gasteiger partial charge in [0.2, 0.25) is 0 Å². The molecule has 9 heteroatoms. The number of aliphatic imine (C=N–C) groups is 1. The van der Waals surface area contributed by atoms with Crippen molar-refractivity contribution in [3.63, 3.8) is 0 Å². The summed E-state index contributed by atoms with van der Waals surface area (Å²) in [5.74, 6) is -1.10. The first kappa shape index (κ1) is 30.9. The summed E-state index contributed by atoms with van der Waals surface area (Å²) < 4.78 is 5.19. The standard InChI is InChI=1S/C32H38N4O5/c1-19(2)18-34-29(37)22-13-16-26(27(17-22)30(38)39)25-10-8-7-9-24(25)20(3)35-23-14-11-21(12-15-23)28(33)36-31(40)41-32(4,5)6/h7-17,19-20,35H,18H2,1-6H3,(H,34,37)(H,38,39)(H2,33,36,40). The minimum Gasteiger partial charge on any atom is -0.478 e. The van der Waals surface area contributed by atoms with Gasteiger partial charge in [0, 0.05) is 29.4 Å². The van der Waals surface area contributed by atoms with Crippen LogP contribution in [0.4, 0.5) is 10.5 Å². The Hall–Kier alpha value is -4.66. The second-order valence-corrected chi connectivity index (χ2v) is 11.2. The molecule has 1 atom stereocenters. The Kier molecular flexibility index (Phi) is 9.89. The molecule has 0 aliphatic carbocycles. The molecule has 0 radical (unpaired) electrons. The minimum absolute atomic E-state index is 0.0472. The van der Waals surface area contributed by atoms with E-state index in [1.807, 2.05) is 57.2 Å². The number of nitrogens with two attached hydrogens (primary N) is 1. The van der Waals surface area contributed by atoms with E-state index in [1.165, 1.54) is 6.07 Å². The first-order valence-corrected chi connectivity index (χ1v) is 13.4. The number of nitrogens with one attached hydrogen (secondary N) is 2. The molecule has 0 bridgehead atoms. The highest BCUT2D eigenvalue weighted by Crippen LogP contribution is 2.33. The molecule has 0 aliphatic heterocycles. The summed E-state index contributed by atoms with van der Waals surface area (Å²) in [4.78, 5) is 40.6. The fourth-order valence-electron chi connectivity index (χ4n) is 4.13. The van der Waals surface area contributed by atoms with E-state index in [9.17, 15) is 19.5 Å². The van der Waals surface area contributed by atoms with E-state index in [-0.39, 0.29) is 29.3 Å². The van der Waals surface area contributed by atoms with Gasteiger partial charge >= 0.3 is 12.1 Å². The van der Waals surface area contributed by atoms with Crippen LogP contribution in [0.25, 0.3) is 11.1 Å². The number of carbonyl (C=O) groups excluding carboxylic acids is 2. The van der Waals surface area contributed by atoms with Crippen LogP contribution >= 0.6 is 0 Å². The van der Waals surface area contributed by atoms with Gasteiger partial charge < -0.3 is 26.2 Å². The van der Waals surface area contributed by atoms with Crippen molar-refractivity contribution in [3.8, 4) is 11.1 Å². The lowest BCUT2D eigenvalue weighted by Gasteiger charge is -2.21. The van der Waals surface area contributed by atoms with E-state index < -0.39 is 17.7 Å². The number of ether oxygens (including phenoxy) is 1. The highest BCUT2D eigenvalue weighted by atomic mass is 16.6. The van der Waals surface area contributed by atoms with Crippen LogP contribution in [0.2, 0.25) is 0 Å². The molecule has 5 N–H and O–H groups in total. The molecule has 216 valence electrons. The smallest absolute Gasteiger partial charge is 0.436 e. The van der Waals surface area contributed by atoms with E-state index >= 15 is 0 Å². The van der Waals surface area contributed by atoms with Crippen molar-refractivity contribution in [1.29, 1.82) is 0 Å². The molecule has 9 nitrogen and oxygen atoms in total. The van der Waals surface area contributed by atoms with Crippen molar-refractivity contribution in [2.75, 3.05) is 11.9 Å². The molecule has 1 unspecified atom stereocenters. The van der Waals surface area contributed by atoms with Gasteiger partial charge in [-0.25, -0.2) is 9.59 Å². The lowest BCUT2D eigenvalue weighted by Crippen LogP contribution is -2.27. The number of nitrogens with zero attached hydrogens (tertiary/aromatic N) is 1. The second kappa shape index (κ2) is 13.1. The summed E-state index contributed by atoms with van der Waals surface area (Å²) in [6.07, 6.45) is -0.757. The second-order valence-electron chi connectivity index (χ2n) is 11.2. The molecule has 0 saturated heterocycles. The van der Waals surface area contributed by atoms with Crippen molar-refractivity contribution >= 4 is 29.5 Å². The van der Waals surface area contributed by atoms with Gasteiger partial charge in [0.25, 0.3) is 5.91 Å². The van der Waals surface area contributed by atoms with Crippen LogP contribution in [0.3, 0.4) is 0 Å². The number of carbonyl (C=O) groups is 3. The summed E-state index contributed by atoms with van der Waals surface area (Å²) in [6, 6.07) is 19.2. The molecule has 0 aromatic heterocycles. The van der Waals surface area contributed by atoms with Crippen molar-refractivity contribution in [2.45, 2.75) is 53.2 Å². The maximum Gasteiger partial charge on any atom is 0.436 e. The number of rotatable bonds is 9. The van der Waals surface area contributed by atoms with E-state index in [0.717, 1.165) is 16.8 Å². The van der Waals surface area contributed by atoms with Crippen LogP contribution in [0.1, 0.15) is 79.4 Å². The Bertz CT molecular complexity index is 1440. The molecule has 2 amide bonds. The van der Waals surface area contributed by atoms with Gasteiger partial charge in [-0.2, -0.15) is 4.99 Å². The molecular weight excluding hydrogens is 520 g/mol. The molecule has 3 aromatic carbocycles. The zero-order valence-corrected chi connectivity index (χ0v) is 24.3. The van der Waals surface area contributed by atoms with Crippen LogP contribution in [0, 0.1) is 5.92 Å². The van der Waals surface area contributed by atoms with Crippen molar-refractivity contribution in [3.05, 3.63) is 89.0 Å². The molecule has 3 rings (SSSR count). The molecule has 41 heavy (non-hydrogen) atoms. The quantitative estimate of drug-likeness (QED) is 0.179. The molecule has 0 saturated carbocycles. The third-order valence-electron chi connectivity index (χ3n) is 6.07. The number of amidine groups is 1. The highest BCUT2D eigenvalue weighted by Gasteiger charge is 2.20. The average molecular weight is 559 g/mol. The Morgan fingerprint density at radius 2 is 1.56 bits per heavy atom. The zero-order chi connectivity index (χ0) is 30.3. The number of hydrogen-bond donors (Lipinski definition) is 4. The van der Waals surface area contributed by atoms with E-state index in [1.54, 1.807) is 45.0 Å². The summed E-state index contributed by atoms with van der Waals surface area (Å²) >= 11 is 0. The lowest BCUT2D eigenvalue weighted by atomic mass is 9.91. The topological polar surface area (TPSA) is 143 Å². The van der Waals surface area contributed by atoms with Gasteiger partial charge in [0.1, 0.15) is 11.4 Å². The average Bonchev–Trinajstić information content (AvgIpc) is 2.90. The number of amides is 2. The summed E-state index contributed by atoms with van der Waals surface area (Å²) in [5.41, 5.74) is 9.16. The number of carboxylic acids is 1. The van der Waals surface area contributed by atoms with Crippen molar-refractivity contribution in [1.82, 2.24) is 5.32 Å². The van der Waals surface area contributed by atoms with Crippen molar-refractivity contribution in [2.24, 2.45) is 16.6 Å². The van der Waals surface area contributed by atoms with E-state index in [2.05, 4.69) is 15.6 Å². The predicted octanol–water partition coefficient (Wildman–Crippen LogP) is 6.25. The van der Waals surface area contributed by atoms with Crippen LogP contribution in [0.5, 0.6) is 0 Å². The molecule has 0 heterocycles. The maximum atomic E-state index is 12.6. The van der Waals surface area contributed by atoms with Crippen LogP contribution in [0.15, 0.2) is 71.7 Å². The number of aromatic carboxylic acids is 1. The Morgan fingerprint density at radius 1 is 0.927 bits per heavy atom. The van der Waals surface area contributed by atoms with Gasteiger partial charge in [-0.05, 0) is 86.7 Å². The number of benzene rings is 3. The van der Waals surface area contributed by atoms with Gasteiger partial charge in [0.05, 0.1) is 5.56 Å². The summed E-state index contributed by atoms with van der Waals surface area (Å²) in [6.45, 7) is 11.7. The van der Waals surface area contributed by atoms with Crippen LogP contribution in [-0.2, 0) is 4.74 Å². The first-order valence-electron chi connectivity index (χ1n) is 13.4. The Morgan fingerprint density at radius 3 is 2.17 bits per heavy atom. The third kappa shape index (κ3) is 8.66.